The first-order valence-corrected chi connectivity index (χ1v) is 14.7. The summed E-state index contributed by atoms with van der Waals surface area (Å²) in [5.41, 5.74) is 2.06. The van der Waals surface area contributed by atoms with Gasteiger partial charge in [-0.25, -0.2) is 4.98 Å². The number of hydrogen-bond acceptors (Lipinski definition) is 6. The molecule has 1 aromatic carbocycles. The molecule has 41 heavy (non-hydrogen) atoms. The van der Waals surface area contributed by atoms with Crippen molar-refractivity contribution in [1.82, 2.24) is 30.0 Å². The number of halogens is 2. The van der Waals surface area contributed by atoms with Crippen LogP contribution in [0.3, 0.4) is 0 Å². The van der Waals surface area contributed by atoms with E-state index in [2.05, 4.69) is 59.2 Å². The van der Waals surface area contributed by atoms with Crippen molar-refractivity contribution < 1.29 is 14.3 Å². The van der Waals surface area contributed by atoms with E-state index in [0.717, 1.165) is 42.1 Å². The Morgan fingerprint density at radius 1 is 1.20 bits per heavy atom. The molecule has 1 saturated carbocycles. The van der Waals surface area contributed by atoms with Crippen molar-refractivity contribution in [3.8, 4) is 0 Å². The van der Waals surface area contributed by atoms with Gasteiger partial charge < -0.3 is 24.8 Å². The van der Waals surface area contributed by atoms with E-state index in [4.69, 9.17) is 27.9 Å². The first-order valence-electron chi connectivity index (χ1n) is 13.9. The maximum atomic E-state index is 13.5. The summed E-state index contributed by atoms with van der Waals surface area (Å²) < 4.78 is 7.56. The van der Waals surface area contributed by atoms with Gasteiger partial charge in [-0.05, 0) is 54.9 Å². The summed E-state index contributed by atoms with van der Waals surface area (Å²) in [7, 11) is 1.73. The lowest BCUT2D eigenvalue weighted by atomic mass is 9.86. The van der Waals surface area contributed by atoms with Crippen LogP contribution in [0, 0.1) is 0 Å². The summed E-state index contributed by atoms with van der Waals surface area (Å²) >= 11 is 13.2. The predicted octanol–water partition coefficient (Wildman–Crippen LogP) is 5.23. The zero-order valence-electron chi connectivity index (χ0n) is 23.9. The molecule has 1 aliphatic carbocycles. The molecular weight excluding hydrogens is 565 g/mol. The van der Waals surface area contributed by atoms with Gasteiger partial charge in [0.15, 0.2) is 11.0 Å². The summed E-state index contributed by atoms with van der Waals surface area (Å²) in [6.45, 7) is 11.1. The highest BCUT2D eigenvalue weighted by Crippen LogP contribution is 2.36. The molecule has 12 heteroatoms. The minimum Gasteiger partial charge on any atom is -0.381 e. The summed E-state index contributed by atoms with van der Waals surface area (Å²) in [5, 5.41) is 15.7. The van der Waals surface area contributed by atoms with Crippen LogP contribution < -0.4 is 10.6 Å². The van der Waals surface area contributed by atoms with Crippen LogP contribution in [-0.4, -0.2) is 68.8 Å². The van der Waals surface area contributed by atoms with Crippen molar-refractivity contribution in [3.63, 3.8) is 0 Å². The Morgan fingerprint density at radius 2 is 1.90 bits per heavy atom. The zero-order valence-corrected chi connectivity index (χ0v) is 25.4. The summed E-state index contributed by atoms with van der Waals surface area (Å²) in [4.78, 5) is 31.6. The van der Waals surface area contributed by atoms with Crippen LogP contribution >= 0.6 is 23.2 Å². The third-order valence-corrected chi connectivity index (χ3v) is 8.65. The Morgan fingerprint density at radius 3 is 2.54 bits per heavy atom. The van der Waals surface area contributed by atoms with Crippen molar-refractivity contribution in [2.24, 2.45) is 0 Å². The molecule has 1 saturated heterocycles. The van der Waals surface area contributed by atoms with Gasteiger partial charge in [0, 0.05) is 36.7 Å². The van der Waals surface area contributed by atoms with Gasteiger partial charge in [0.2, 0.25) is 5.91 Å². The van der Waals surface area contributed by atoms with E-state index >= 15 is 0 Å². The second kappa shape index (κ2) is 11.7. The van der Waals surface area contributed by atoms with E-state index in [1.165, 1.54) is 6.08 Å². The van der Waals surface area contributed by atoms with Gasteiger partial charge in [-0.2, -0.15) is 5.10 Å². The molecule has 0 unspecified atom stereocenters. The van der Waals surface area contributed by atoms with Crippen LogP contribution in [0.15, 0.2) is 24.8 Å². The highest BCUT2D eigenvalue weighted by molar-refractivity contribution is 6.32. The maximum Gasteiger partial charge on any atom is 0.271 e. The molecule has 0 bridgehead atoms. The average molecular weight is 603 g/mol. The molecule has 2 aliphatic rings. The number of aromatic amines is 1. The van der Waals surface area contributed by atoms with Crippen LogP contribution in [0.5, 0.6) is 0 Å². The molecule has 1 aliphatic heterocycles. The lowest BCUT2D eigenvalue weighted by Gasteiger charge is -2.39. The number of nitrogens with zero attached hydrogens (tertiary/aromatic N) is 4. The predicted molar refractivity (Wildman–Crippen MR) is 161 cm³/mol. The third kappa shape index (κ3) is 5.96. The fourth-order valence-corrected chi connectivity index (χ4v) is 6.47. The van der Waals surface area contributed by atoms with Gasteiger partial charge >= 0.3 is 0 Å². The Bertz CT molecular complexity index is 1460. The minimum atomic E-state index is -0.298. The van der Waals surface area contributed by atoms with E-state index in [-0.39, 0.29) is 40.6 Å². The topological polar surface area (TPSA) is 117 Å². The molecule has 3 heterocycles. The maximum absolute atomic E-state index is 13.5. The van der Waals surface area contributed by atoms with Gasteiger partial charge in [0.25, 0.3) is 5.91 Å². The van der Waals surface area contributed by atoms with Gasteiger partial charge in [-0.1, -0.05) is 50.6 Å². The van der Waals surface area contributed by atoms with Gasteiger partial charge in [-0.15, -0.1) is 0 Å². The number of H-pyrrole nitrogens is 1. The number of hydrogen-bond donors (Lipinski definition) is 3. The van der Waals surface area contributed by atoms with Crippen molar-refractivity contribution in [2.45, 2.75) is 76.6 Å². The minimum absolute atomic E-state index is 0.0430. The van der Waals surface area contributed by atoms with Gasteiger partial charge in [0.05, 0.1) is 24.2 Å². The van der Waals surface area contributed by atoms with E-state index in [0.29, 0.717) is 42.0 Å². The highest BCUT2D eigenvalue weighted by Gasteiger charge is 2.35. The van der Waals surface area contributed by atoms with Gasteiger partial charge in [-0.3, -0.25) is 14.7 Å². The Kier molecular flexibility index (Phi) is 8.36. The molecule has 3 aromatic rings. The molecule has 2 amide bonds. The van der Waals surface area contributed by atoms with Crippen molar-refractivity contribution in [2.75, 3.05) is 25.5 Å². The number of aromatic nitrogens is 4. The van der Waals surface area contributed by atoms with Crippen molar-refractivity contribution in [1.29, 1.82) is 0 Å². The number of benzene rings is 1. The number of nitrogens with one attached hydrogen (secondary N) is 3. The second-order valence-corrected chi connectivity index (χ2v) is 12.6. The third-order valence-electron chi connectivity index (χ3n) is 8.07. The monoisotopic (exact) mass is 601 g/mol. The molecule has 3 N–H and O–H groups in total. The standard InChI is InChI=1S/C29H37Cl2N7O3/c1-6-24(39)37-14-16(15-37)33-28(40)25-26(31)34-23(38(25)17-7-9-18(41-5)10-8-17)13-32-27-19-11-20(29(2,3)4)21(30)12-22(19)35-36-27/h6,11-12,16-18H,1,7-10,13-15H2,2-5H3,(H,33,40)(H2,32,35,36). The molecule has 2 fully saturated rings. The Balaban J connectivity index is 1.41. The number of carbonyl (C=O) groups is 2. The van der Waals surface area contributed by atoms with E-state index in [9.17, 15) is 9.59 Å². The lowest BCUT2D eigenvalue weighted by Crippen LogP contribution is -2.60. The average Bonchev–Trinajstić information content (AvgIpc) is 3.47. The highest BCUT2D eigenvalue weighted by atomic mass is 35.5. The van der Waals surface area contributed by atoms with E-state index in [1.54, 1.807) is 12.0 Å². The molecule has 0 radical (unpaired) electrons. The molecule has 5 rings (SSSR count). The number of rotatable bonds is 8. The van der Waals surface area contributed by atoms with Crippen LogP contribution in [0.25, 0.3) is 10.9 Å². The van der Waals surface area contributed by atoms with E-state index < -0.39 is 0 Å². The van der Waals surface area contributed by atoms with Crippen LogP contribution in [-0.2, 0) is 21.5 Å². The van der Waals surface area contributed by atoms with Gasteiger partial charge in [0.1, 0.15) is 11.5 Å². The number of ether oxygens (including phenoxy) is 1. The lowest BCUT2D eigenvalue weighted by molar-refractivity contribution is -0.130. The number of anilines is 1. The number of carbonyl (C=O) groups excluding carboxylic acids is 2. The number of methoxy groups -OCH3 is 1. The fraction of sp³-hybridized carbons (Fsp3) is 0.517. The quantitative estimate of drug-likeness (QED) is 0.304. The van der Waals surface area contributed by atoms with E-state index in [1.807, 2.05) is 10.6 Å². The second-order valence-electron chi connectivity index (χ2n) is 11.9. The largest absolute Gasteiger partial charge is 0.381 e. The number of amides is 2. The smallest absolute Gasteiger partial charge is 0.271 e. The zero-order chi connectivity index (χ0) is 29.5. The fourth-order valence-electron chi connectivity index (χ4n) is 5.75. The molecule has 2 aromatic heterocycles. The number of likely N-dealkylation sites (tertiary alicyclic amines) is 1. The van der Waals surface area contributed by atoms with Crippen LogP contribution in [0.2, 0.25) is 10.2 Å². The number of imidazole rings is 1. The molecular formula is C29H37Cl2N7O3. The van der Waals surface area contributed by atoms with Crippen molar-refractivity contribution in [3.05, 3.63) is 52.0 Å². The Labute approximate surface area is 249 Å². The molecule has 0 spiro atoms. The normalized spacial score (nSPS) is 19.7. The van der Waals surface area contributed by atoms with Crippen molar-refractivity contribution >= 4 is 51.7 Å². The molecule has 0 atom stereocenters. The summed E-state index contributed by atoms with van der Waals surface area (Å²) in [5.74, 6) is 0.875. The first kappa shape index (κ1) is 29.4. The first-order chi connectivity index (χ1) is 19.5. The summed E-state index contributed by atoms with van der Waals surface area (Å²) in [6, 6.07) is 3.85. The SMILES string of the molecule is C=CC(=O)N1CC(NC(=O)c2c(Cl)nc(CNc3n[nH]c4cc(Cl)c(C(C)(C)C)cc34)n2C2CCC(OC)CC2)C1. The van der Waals surface area contributed by atoms with Crippen LogP contribution in [0.1, 0.15) is 74.4 Å². The Hall–Kier alpha value is -3.08. The molecule has 10 nitrogen and oxygen atoms in total. The number of fused-ring (bicyclic) bond motifs is 1. The van der Waals surface area contributed by atoms with Crippen LogP contribution in [0.4, 0.5) is 5.82 Å². The summed E-state index contributed by atoms with van der Waals surface area (Å²) in [6.07, 6.45) is 4.91. The molecule has 220 valence electrons.